The summed E-state index contributed by atoms with van der Waals surface area (Å²) in [5.41, 5.74) is 7.97. The highest BCUT2D eigenvalue weighted by Gasteiger charge is 2.17. The van der Waals surface area contributed by atoms with Crippen LogP contribution in [0.2, 0.25) is 0 Å². The van der Waals surface area contributed by atoms with Gasteiger partial charge in [-0.05, 0) is 43.7 Å². The van der Waals surface area contributed by atoms with E-state index in [2.05, 4.69) is 4.98 Å². The lowest BCUT2D eigenvalue weighted by atomic mass is 10.2. The van der Waals surface area contributed by atoms with Gasteiger partial charge in [-0.1, -0.05) is 18.2 Å². The third-order valence-corrected chi connectivity index (χ3v) is 2.86. The number of carbonyl (C=O) groups is 1. The Balaban J connectivity index is 2.34. The number of carbonyl (C=O) groups excluding carboxylic acids is 1. The summed E-state index contributed by atoms with van der Waals surface area (Å²) in [6.07, 6.45) is 0. The average molecular weight is 255 g/mol. The summed E-state index contributed by atoms with van der Waals surface area (Å²) in [6, 6.07) is 12.9. The van der Waals surface area contributed by atoms with Crippen molar-refractivity contribution < 1.29 is 4.79 Å². The number of nitrogen functional groups attached to an aromatic ring is 1. The van der Waals surface area contributed by atoms with Crippen molar-refractivity contribution in [2.45, 2.75) is 13.8 Å². The normalized spacial score (nSPS) is 10.2. The molecular weight excluding hydrogens is 238 g/mol. The zero-order chi connectivity index (χ0) is 13.8. The quantitative estimate of drug-likeness (QED) is 0.917. The van der Waals surface area contributed by atoms with E-state index >= 15 is 0 Å². The van der Waals surface area contributed by atoms with Crippen LogP contribution in [0.25, 0.3) is 0 Å². The number of rotatable bonds is 3. The lowest BCUT2D eigenvalue weighted by Crippen LogP contribution is -2.31. The maximum atomic E-state index is 12.4. The highest BCUT2D eigenvalue weighted by molar-refractivity contribution is 6.04. The first-order chi connectivity index (χ1) is 9.11. The molecule has 1 aromatic carbocycles. The van der Waals surface area contributed by atoms with Crippen molar-refractivity contribution in [2.24, 2.45) is 0 Å². The lowest BCUT2D eigenvalue weighted by molar-refractivity contribution is 0.0983. The molecule has 98 valence electrons. The van der Waals surface area contributed by atoms with Crippen LogP contribution in [-0.2, 0) is 0 Å². The van der Waals surface area contributed by atoms with Gasteiger partial charge in [-0.2, -0.15) is 0 Å². The summed E-state index contributed by atoms with van der Waals surface area (Å²) < 4.78 is 0. The number of hydrogen-bond acceptors (Lipinski definition) is 3. The first-order valence-corrected chi connectivity index (χ1v) is 6.23. The number of nitrogens with zero attached hydrogens (tertiary/aromatic N) is 2. The summed E-state index contributed by atoms with van der Waals surface area (Å²) in [5.74, 6) is 0.214. The third-order valence-electron chi connectivity index (χ3n) is 2.86. The highest BCUT2D eigenvalue weighted by Crippen LogP contribution is 2.18. The molecule has 4 nitrogen and oxygen atoms in total. The molecule has 1 heterocycles. The first kappa shape index (κ1) is 13.1. The number of aromatic nitrogens is 1. The smallest absolute Gasteiger partial charge is 0.276 e. The van der Waals surface area contributed by atoms with Gasteiger partial charge in [0, 0.05) is 12.2 Å². The summed E-state index contributed by atoms with van der Waals surface area (Å²) in [5, 5.41) is 0. The minimum absolute atomic E-state index is 0.139. The van der Waals surface area contributed by atoms with Crippen LogP contribution in [0.1, 0.15) is 23.0 Å². The van der Waals surface area contributed by atoms with E-state index in [0.717, 1.165) is 11.3 Å². The molecule has 0 unspecified atom stereocenters. The zero-order valence-corrected chi connectivity index (χ0v) is 11.1. The van der Waals surface area contributed by atoms with Gasteiger partial charge in [-0.25, -0.2) is 4.98 Å². The Morgan fingerprint density at radius 3 is 2.63 bits per heavy atom. The van der Waals surface area contributed by atoms with Gasteiger partial charge in [0.25, 0.3) is 5.91 Å². The monoisotopic (exact) mass is 255 g/mol. The molecule has 0 bridgehead atoms. The van der Waals surface area contributed by atoms with Crippen LogP contribution in [0.4, 0.5) is 11.5 Å². The SMILES string of the molecule is CCN(C(=O)c1cccc(N)n1)c1cccc(C)c1. The molecule has 0 radical (unpaired) electrons. The van der Waals surface area contributed by atoms with Gasteiger partial charge in [0.2, 0.25) is 0 Å². The van der Waals surface area contributed by atoms with Crippen LogP contribution >= 0.6 is 0 Å². The fraction of sp³-hybridized carbons (Fsp3) is 0.200. The first-order valence-electron chi connectivity index (χ1n) is 6.23. The molecule has 4 heteroatoms. The Morgan fingerprint density at radius 1 is 1.26 bits per heavy atom. The molecule has 0 atom stereocenters. The van der Waals surface area contributed by atoms with E-state index in [9.17, 15) is 4.79 Å². The topological polar surface area (TPSA) is 59.2 Å². The fourth-order valence-corrected chi connectivity index (χ4v) is 1.95. The van der Waals surface area contributed by atoms with Gasteiger partial charge in [-0.15, -0.1) is 0 Å². The van der Waals surface area contributed by atoms with Crippen molar-refractivity contribution in [3.63, 3.8) is 0 Å². The van der Waals surface area contributed by atoms with E-state index < -0.39 is 0 Å². The Kier molecular flexibility index (Phi) is 3.80. The number of benzene rings is 1. The molecule has 2 N–H and O–H groups in total. The molecule has 0 aliphatic carbocycles. The van der Waals surface area contributed by atoms with E-state index in [4.69, 9.17) is 5.73 Å². The third kappa shape index (κ3) is 2.91. The molecule has 0 aliphatic heterocycles. The van der Waals surface area contributed by atoms with Crippen molar-refractivity contribution in [1.29, 1.82) is 0 Å². The second kappa shape index (κ2) is 5.52. The number of aryl methyl sites for hydroxylation is 1. The Bertz CT molecular complexity index is 595. The van der Waals surface area contributed by atoms with Crippen molar-refractivity contribution in [1.82, 2.24) is 4.98 Å². The van der Waals surface area contributed by atoms with Gasteiger partial charge in [-0.3, -0.25) is 4.79 Å². The molecule has 2 aromatic rings. The van der Waals surface area contributed by atoms with Crippen molar-refractivity contribution in [2.75, 3.05) is 17.2 Å². The molecule has 2 rings (SSSR count). The predicted octanol–water partition coefficient (Wildman–Crippen LogP) is 2.64. The minimum Gasteiger partial charge on any atom is -0.384 e. The van der Waals surface area contributed by atoms with Crippen LogP contribution in [-0.4, -0.2) is 17.4 Å². The fourth-order valence-electron chi connectivity index (χ4n) is 1.95. The molecule has 0 fully saturated rings. The van der Waals surface area contributed by atoms with Crippen LogP contribution in [0, 0.1) is 6.92 Å². The van der Waals surface area contributed by atoms with Gasteiger partial charge in [0.1, 0.15) is 11.5 Å². The molecule has 1 aromatic heterocycles. The predicted molar refractivity (Wildman–Crippen MR) is 77.2 cm³/mol. The van der Waals surface area contributed by atoms with Crippen molar-refractivity contribution in [3.05, 3.63) is 53.7 Å². The molecule has 0 aliphatic rings. The summed E-state index contributed by atoms with van der Waals surface area (Å²) >= 11 is 0. The number of amides is 1. The number of anilines is 2. The van der Waals surface area contributed by atoms with Crippen molar-refractivity contribution in [3.8, 4) is 0 Å². The van der Waals surface area contributed by atoms with Gasteiger partial charge in [0.05, 0.1) is 0 Å². The molecule has 1 amide bonds. The minimum atomic E-state index is -0.139. The number of nitrogens with two attached hydrogens (primary N) is 1. The van der Waals surface area contributed by atoms with Crippen LogP contribution < -0.4 is 10.6 Å². The highest BCUT2D eigenvalue weighted by atomic mass is 16.2. The zero-order valence-electron chi connectivity index (χ0n) is 11.1. The average Bonchev–Trinajstić information content (AvgIpc) is 2.39. The molecular formula is C15H17N3O. The number of hydrogen-bond donors (Lipinski definition) is 1. The van der Waals surface area contributed by atoms with E-state index in [-0.39, 0.29) is 5.91 Å². The molecule has 0 saturated carbocycles. The Morgan fingerprint density at radius 2 is 2.00 bits per heavy atom. The van der Waals surface area contributed by atoms with E-state index in [1.807, 2.05) is 38.1 Å². The van der Waals surface area contributed by atoms with E-state index in [1.54, 1.807) is 23.1 Å². The van der Waals surface area contributed by atoms with Gasteiger partial charge in [0.15, 0.2) is 0 Å². The van der Waals surface area contributed by atoms with E-state index in [1.165, 1.54) is 0 Å². The molecule has 19 heavy (non-hydrogen) atoms. The Hall–Kier alpha value is -2.36. The maximum Gasteiger partial charge on any atom is 0.276 e. The van der Waals surface area contributed by atoms with E-state index in [0.29, 0.717) is 18.1 Å². The van der Waals surface area contributed by atoms with Crippen LogP contribution in [0.15, 0.2) is 42.5 Å². The number of pyridine rings is 1. The maximum absolute atomic E-state index is 12.4. The molecule has 0 saturated heterocycles. The summed E-state index contributed by atoms with van der Waals surface area (Å²) in [6.45, 7) is 4.52. The largest absolute Gasteiger partial charge is 0.384 e. The molecule has 0 spiro atoms. The lowest BCUT2D eigenvalue weighted by Gasteiger charge is -2.21. The van der Waals surface area contributed by atoms with Crippen LogP contribution in [0.5, 0.6) is 0 Å². The summed E-state index contributed by atoms with van der Waals surface area (Å²) in [7, 11) is 0. The van der Waals surface area contributed by atoms with Gasteiger partial charge < -0.3 is 10.6 Å². The second-order valence-electron chi connectivity index (χ2n) is 4.34. The van der Waals surface area contributed by atoms with Crippen molar-refractivity contribution >= 4 is 17.4 Å². The second-order valence-corrected chi connectivity index (χ2v) is 4.34. The summed E-state index contributed by atoms with van der Waals surface area (Å²) in [4.78, 5) is 18.2. The van der Waals surface area contributed by atoms with Crippen LogP contribution in [0.3, 0.4) is 0 Å². The Labute approximate surface area is 112 Å². The van der Waals surface area contributed by atoms with Gasteiger partial charge >= 0.3 is 0 Å². The standard InChI is InChI=1S/C15H17N3O/c1-3-18(12-7-4-6-11(2)10-12)15(19)13-8-5-9-14(16)17-13/h4-10H,3H2,1-2H3,(H2,16,17).